The molecule has 5 nitrogen and oxygen atoms in total. The fourth-order valence-electron chi connectivity index (χ4n) is 2.74. The van der Waals surface area contributed by atoms with Crippen LogP contribution in [0.2, 0.25) is 5.02 Å². The van der Waals surface area contributed by atoms with Crippen molar-refractivity contribution in [3.8, 4) is 0 Å². The highest BCUT2D eigenvalue weighted by molar-refractivity contribution is 6.30. The first-order chi connectivity index (χ1) is 12.4. The van der Waals surface area contributed by atoms with Crippen LogP contribution in [-0.2, 0) is 19.1 Å². The third kappa shape index (κ3) is 3.44. The van der Waals surface area contributed by atoms with E-state index in [0.717, 1.165) is 11.1 Å². The molecule has 1 aliphatic heterocycles. The molecule has 0 spiro atoms. The van der Waals surface area contributed by atoms with Gasteiger partial charge in [-0.1, -0.05) is 29.8 Å². The lowest BCUT2D eigenvalue weighted by Gasteiger charge is -2.13. The maximum absolute atomic E-state index is 12.4. The smallest absolute Gasteiger partial charge is 0.356 e. The van der Waals surface area contributed by atoms with E-state index in [2.05, 4.69) is 5.32 Å². The lowest BCUT2D eigenvalue weighted by atomic mass is 10.0. The third-order valence-electron chi connectivity index (χ3n) is 4.31. The Hall–Kier alpha value is -2.79. The molecule has 0 saturated heterocycles. The van der Waals surface area contributed by atoms with Crippen LogP contribution in [0.5, 0.6) is 0 Å². The molecule has 26 heavy (non-hydrogen) atoms. The quantitative estimate of drug-likeness (QED) is 0.820. The molecule has 134 valence electrons. The number of rotatable bonds is 4. The molecule has 1 unspecified atom stereocenters. The van der Waals surface area contributed by atoms with E-state index < -0.39 is 18.0 Å². The van der Waals surface area contributed by atoms with E-state index in [0.29, 0.717) is 16.3 Å². The minimum Gasteiger partial charge on any atom is -0.465 e. The van der Waals surface area contributed by atoms with Gasteiger partial charge in [-0.2, -0.15) is 0 Å². The van der Waals surface area contributed by atoms with Gasteiger partial charge in [-0.15, -0.1) is 0 Å². The molecule has 6 heteroatoms. The van der Waals surface area contributed by atoms with Crippen LogP contribution in [0.1, 0.15) is 22.8 Å². The largest absolute Gasteiger partial charge is 0.465 e. The summed E-state index contributed by atoms with van der Waals surface area (Å²) in [5, 5.41) is 3.56. The van der Waals surface area contributed by atoms with Crippen LogP contribution in [0.4, 0.5) is 5.69 Å². The zero-order valence-electron chi connectivity index (χ0n) is 14.6. The van der Waals surface area contributed by atoms with Crippen LogP contribution in [0.3, 0.4) is 0 Å². The lowest BCUT2D eigenvalue weighted by molar-refractivity contribution is -0.141. The summed E-state index contributed by atoms with van der Waals surface area (Å²) in [6.45, 7) is 3.97. The Labute approximate surface area is 156 Å². The summed E-state index contributed by atoms with van der Waals surface area (Å²) < 4.78 is 10.3. The molecule has 0 radical (unpaired) electrons. The van der Waals surface area contributed by atoms with Gasteiger partial charge in [0.05, 0.1) is 7.11 Å². The number of halogens is 1. The summed E-state index contributed by atoms with van der Waals surface area (Å²) in [6, 6.07) is 12.5. The van der Waals surface area contributed by atoms with Crippen molar-refractivity contribution in [3.05, 3.63) is 75.4 Å². The van der Waals surface area contributed by atoms with Crippen LogP contribution in [0, 0.1) is 13.8 Å². The maximum atomic E-state index is 12.4. The van der Waals surface area contributed by atoms with Crippen LogP contribution < -0.4 is 5.32 Å². The number of esters is 2. The Bertz CT molecular complexity index is 903. The second-order valence-electron chi connectivity index (χ2n) is 6.04. The second kappa shape index (κ2) is 7.22. The molecule has 0 fully saturated rings. The highest BCUT2D eigenvalue weighted by atomic mass is 35.5. The van der Waals surface area contributed by atoms with Gasteiger partial charge in [0.2, 0.25) is 0 Å². The first-order valence-corrected chi connectivity index (χ1v) is 8.41. The number of aryl methyl sites for hydroxylation is 2. The van der Waals surface area contributed by atoms with E-state index in [1.165, 1.54) is 7.11 Å². The number of hydrogen-bond donors (Lipinski definition) is 1. The first kappa shape index (κ1) is 18.0. The fourth-order valence-corrected chi connectivity index (χ4v) is 2.87. The number of hydrogen-bond acceptors (Lipinski definition) is 5. The molecule has 0 amide bonds. The van der Waals surface area contributed by atoms with Gasteiger partial charge < -0.3 is 14.8 Å². The molecule has 1 N–H and O–H groups in total. The van der Waals surface area contributed by atoms with Crippen molar-refractivity contribution in [2.75, 3.05) is 12.4 Å². The van der Waals surface area contributed by atoms with E-state index in [1.807, 2.05) is 32.0 Å². The van der Waals surface area contributed by atoms with E-state index in [9.17, 15) is 9.59 Å². The van der Waals surface area contributed by atoms with E-state index in [1.54, 1.807) is 24.3 Å². The number of cyclic esters (lactones) is 1. The Morgan fingerprint density at radius 3 is 2.42 bits per heavy atom. The Morgan fingerprint density at radius 1 is 1.12 bits per heavy atom. The zero-order valence-corrected chi connectivity index (χ0v) is 15.4. The predicted octanol–water partition coefficient (Wildman–Crippen LogP) is 4.09. The molecule has 0 bridgehead atoms. The Kier molecular flexibility index (Phi) is 5.00. The average molecular weight is 372 g/mol. The average Bonchev–Trinajstić information content (AvgIpc) is 2.94. The molecule has 2 aromatic rings. The van der Waals surface area contributed by atoms with Gasteiger partial charge in [0.15, 0.2) is 6.10 Å². The van der Waals surface area contributed by atoms with Crippen LogP contribution in [-0.4, -0.2) is 19.0 Å². The van der Waals surface area contributed by atoms with Crippen LogP contribution in [0.15, 0.2) is 53.7 Å². The molecule has 1 atom stereocenters. The summed E-state index contributed by atoms with van der Waals surface area (Å²) in [5.74, 6) is -1.23. The van der Waals surface area contributed by atoms with Gasteiger partial charge in [0.1, 0.15) is 11.3 Å². The summed E-state index contributed by atoms with van der Waals surface area (Å²) in [5.41, 5.74) is 3.75. The maximum Gasteiger partial charge on any atom is 0.356 e. The van der Waals surface area contributed by atoms with Crippen molar-refractivity contribution in [1.29, 1.82) is 0 Å². The van der Waals surface area contributed by atoms with Crippen molar-refractivity contribution in [2.24, 2.45) is 0 Å². The van der Waals surface area contributed by atoms with Crippen molar-refractivity contribution < 1.29 is 19.1 Å². The summed E-state index contributed by atoms with van der Waals surface area (Å²) in [6.07, 6.45) is -0.846. The monoisotopic (exact) mass is 371 g/mol. The predicted molar refractivity (Wildman–Crippen MR) is 98.9 cm³/mol. The Morgan fingerprint density at radius 2 is 1.81 bits per heavy atom. The standard InChI is InChI=1S/C20H18ClNO4/c1-11-4-9-15(10-12(11)2)22-17-16(19(23)25-3)18(26-20(17)24)13-5-7-14(21)8-6-13/h4-10,18,22H,1-3H3. The lowest BCUT2D eigenvalue weighted by Crippen LogP contribution is -2.14. The van der Waals surface area contributed by atoms with Crippen molar-refractivity contribution >= 4 is 29.2 Å². The topological polar surface area (TPSA) is 64.6 Å². The van der Waals surface area contributed by atoms with Gasteiger partial charge in [-0.05, 0) is 54.8 Å². The number of carbonyl (C=O) groups excluding carboxylic acids is 2. The normalized spacial score (nSPS) is 16.5. The number of methoxy groups -OCH3 is 1. The molecule has 3 rings (SSSR count). The van der Waals surface area contributed by atoms with Crippen molar-refractivity contribution in [2.45, 2.75) is 20.0 Å². The van der Waals surface area contributed by atoms with Gasteiger partial charge in [-0.25, -0.2) is 9.59 Å². The molecular weight excluding hydrogens is 354 g/mol. The van der Waals surface area contributed by atoms with Gasteiger partial charge in [0.25, 0.3) is 0 Å². The number of benzene rings is 2. The van der Waals surface area contributed by atoms with E-state index in [4.69, 9.17) is 21.1 Å². The number of nitrogens with one attached hydrogen (secondary N) is 1. The summed E-state index contributed by atoms with van der Waals surface area (Å²) in [4.78, 5) is 24.8. The fraction of sp³-hybridized carbons (Fsp3) is 0.200. The first-order valence-electron chi connectivity index (χ1n) is 8.04. The molecule has 1 heterocycles. The van der Waals surface area contributed by atoms with E-state index >= 15 is 0 Å². The van der Waals surface area contributed by atoms with Gasteiger partial charge >= 0.3 is 11.9 Å². The SMILES string of the molecule is COC(=O)C1=C(Nc2ccc(C)c(C)c2)C(=O)OC1c1ccc(Cl)cc1. The highest BCUT2D eigenvalue weighted by Gasteiger charge is 2.40. The molecule has 1 aliphatic rings. The zero-order chi connectivity index (χ0) is 18.8. The number of carbonyl (C=O) groups is 2. The highest BCUT2D eigenvalue weighted by Crippen LogP contribution is 2.37. The molecule has 0 saturated carbocycles. The molecule has 2 aromatic carbocycles. The summed E-state index contributed by atoms with van der Waals surface area (Å²) >= 11 is 5.91. The van der Waals surface area contributed by atoms with Crippen LogP contribution >= 0.6 is 11.6 Å². The molecular formula is C20H18ClNO4. The van der Waals surface area contributed by atoms with Gasteiger partial charge in [-0.3, -0.25) is 0 Å². The molecule has 0 aromatic heterocycles. The van der Waals surface area contributed by atoms with Crippen molar-refractivity contribution in [1.82, 2.24) is 0 Å². The second-order valence-corrected chi connectivity index (χ2v) is 6.48. The molecule has 0 aliphatic carbocycles. The minimum atomic E-state index is -0.846. The van der Waals surface area contributed by atoms with E-state index in [-0.39, 0.29) is 11.3 Å². The van der Waals surface area contributed by atoms with Crippen molar-refractivity contribution in [3.63, 3.8) is 0 Å². The number of anilines is 1. The third-order valence-corrected chi connectivity index (χ3v) is 4.57. The number of ether oxygens (including phenoxy) is 2. The summed E-state index contributed by atoms with van der Waals surface area (Å²) in [7, 11) is 1.27. The van der Waals surface area contributed by atoms with Gasteiger partial charge in [0, 0.05) is 10.7 Å². The van der Waals surface area contributed by atoms with Crippen LogP contribution in [0.25, 0.3) is 0 Å². The minimum absolute atomic E-state index is 0.0834. The Balaban J connectivity index is 2.03.